The van der Waals surface area contributed by atoms with Crippen molar-refractivity contribution in [2.45, 2.75) is 38.5 Å². The SMILES string of the molecule is COc1cccc(Cc2noc(CCCCCCN)n2)c1. The predicted octanol–water partition coefficient (Wildman–Crippen LogP) is 2.73. The van der Waals surface area contributed by atoms with Gasteiger partial charge in [-0.15, -0.1) is 0 Å². The van der Waals surface area contributed by atoms with E-state index in [1.54, 1.807) is 7.11 Å². The number of aromatic nitrogens is 2. The lowest BCUT2D eigenvalue weighted by Gasteiger charge is -2.01. The molecule has 0 bridgehead atoms. The minimum atomic E-state index is 0.661. The van der Waals surface area contributed by atoms with E-state index in [2.05, 4.69) is 10.1 Å². The van der Waals surface area contributed by atoms with Crippen LogP contribution in [0.4, 0.5) is 0 Å². The monoisotopic (exact) mass is 289 g/mol. The highest BCUT2D eigenvalue weighted by Crippen LogP contribution is 2.15. The Morgan fingerprint density at radius 3 is 2.86 bits per heavy atom. The number of ether oxygens (including phenoxy) is 1. The van der Waals surface area contributed by atoms with Crippen LogP contribution in [0.3, 0.4) is 0 Å². The van der Waals surface area contributed by atoms with Gasteiger partial charge in [-0.25, -0.2) is 0 Å². The molecule has 0 saturated heterocycles. The van der Waals surface area contributed by atoms with Crippen molar-refractivity contribution in [2.24, 2.45) is 5.73 Å². The van der Waals surface area contributed by atoms with E-state index < -0.39 is 0 Å². The fourth-order valence-electron chi connectivity index (χ4n) is 2.20. The Morgan fingerprint density at radius 1 is 1.19 bits per heavy atom. The molecular formula is C16H23N3O2. The van der Waals surface area contributed by atoms with Crippen molar-refractivity contribution in [2.75, 3.05) is 13.7 Å². The molecule has 5 nitrogen and oxygen atoms in total. The van der Waals surface area contributed by atoms with Gasteiger partial charge in [0.05, 0.1) is 7.11 Å². The molecule has 21 heavy (non-hydrogen) atoms. The average molecular weight is 289 g/mol. The highest BCUT2D eigenvalue weighted by molar-refractivity contribution is 5.30. The second kappa shape index (κ2) is 8.42. The van der Waals surface area contributed by atoms with Crippen molar-refractivity contribution in [3.63, 3.8) is 0 Å². The van der Waals surface area contributed by atoms with Crippen LogP contribution >= 0.6 is 0 Å². The zero-order valence-corrected chi connectivity index (χ0v) is 12.5. The van der Waals surface area contributed by atoms with Gasteiger partial charge < -0.3 is 15.0 Å². The number of methoxy groups -OCH3 is 1. The lowest BCUT2D eigenvalue weighted by Crippen LogP contribution is -1.98. The quantitative estimate of drug-likeness (QED) is 0.718. The van der Waals surface area contributed by atoms with Crippen LogP contribution in [0.15, 0.2) is 28.8 Å². The molecular weight excluding hydrogens is 266 g/mol. The summed E-state index contributed by atoms with van der Waals surface area (Å²) >= 11 is 0. The number of hydrogen-bond donors (Lipinski definition) is 1. The fraction of sp³-hybridized carbons (Fsp3) is 0.500. The summed E-state index contributed by atoms with van der Waals surface area (Å²) in [5, 5.41) is 4.04. The Bertz CT molecular complexity index is 540. The first kappa shape index (κ1) is 15.5. The topological polar surface area (TPSA) is 74.2 Å². The molecule has 2 aromatic rings. The van der Waals surface area contributed by atoms with E-state index >= 15 is 0 Å². The Kier molecular flexibility index (Phi) is 6.22. The molecule has 0 aliphatic rings. The summed E-state index contributed by atoms with van der Waals surface area (Å²) in [6.07, 6.45) is 5.99. The average Bonchev–Trinajstić information content (AvgIpc) is 2.95. The first-order chi connectivity index (χ1) is 10.3. The van der Waals surface area contributed by atoms with E-state index in [1.165, 1.54) is 6.42 Å². The van der Waals surface area contributed by atoms with Gasteiger partial charge >= 0.3 is 0 Å². The van der Waals surface area contributed by atoms with Crippen molar-refractivity contribution < 1.29 is 9.26 Å². The fourth-order valence-corrected chi connectivity index (χ4v) is 2.20. The highest BCUT2D eigenvalue weighted by atomic mass is 16.5. The van der Waals surface area contributed by atoms with Crippen LogP contribution in [-0.4, -0.2) is 23.8 Å². The molecule has 1 aromatic carbocycles. The molecule has 0 aliphatic carbocycles. The summed E-state index contributed by atoms with van der Waals surface area (Å²) < 4.78 is 10.5. The van der Waals surface area contributed by atoms with Crippen LogP contribution in [0, 0.1) is 0 Å². The molecule has 0 unspecified atom stereocenters. The molecule has 0 radical (unpaired) electrons. The van der Waals surface area contributed by atoms with E-state index in [0.29, 0.717) is 6.42 Å². The van der Waals surface area contributed by atoms with Crippen molar-refractivity contribution in [1.29, 1.82) is 0 Å². The molecule has 0 fully saturated rings. The number of nitrogens with zero attached hydrogens (tertiary/aromatic N) is 2. The van der Waals surface area contributed by atoms with E-state index in [0.717, 1.165) is 55.3 Å². The zero-order valence-electron chi connectivity index (χ0n) is 12.5. The van der Waals surface area contributed by atoms with Crippen molar-refractivity contribution in [3.8, 4) is 5.75 Å². The number of aryl methyl sites for hydroxylation is 1. The molecule has 0 saturated carbocycles. The summed E-state index contributed by atoms with van der Waals surface area (Å²) in [5.74, 6) is 2.29. The molecule has 5 heteroatoms. The molecule has 0 atom stereocenters. The molecule has 0 aliphatic heterocycles. The van der Waals surface area contributed by atoms with Gasteiger partial charge in [0.2, 0.25) is 5.89 Å². The Balaban J connectivity index is 1.82. The van der Waals surface area contributed by atoms with Gasteiger partial charge in [0.15, 0.2) is 5.82 Å². The maximum Gasteiger partial charge on any atom is 0.226 e. The van der Waals surface area contributed by atoms with Gasteiger partial charge in [-0.05, 0) is 37.1 Å². The van der Waals surface area contributed by atoms with Crippen molar-refractivity contribution in [3.05, 3.63) is 41.5 Å². The number of rotatable bonds is 9. The highest BCUT2D eigenvalue weighted by Gasteiger charge is 2.07. The number of unbranched alkanes of at least 4 members (excludes halogenated alkanes) is 3. The first-order valence-electron chi connectivity index (χ1n) is 7.46. The molecule has 0 amide bonds. The van der Waals surface area contributed by atoms with Crippen LogP contribution in [0.5, 0.6) is 5.75 Å². The van der Waals surface area contributed by atoms with Crippen LogP contribution < -0.4 is 10.5 Å². The lowest BCUT2D eigenvalue weighted by atomic mass is 10.1. The second-order valence-electron chi connectivity index (χ2n) is 5.09. The predicted molar refractivity (Wildman–Crippen MR) is 81.3 cm³/mol. The van der Waals surface area contributed by atoms with E-state index in [1.807, 2.05) is 24.3 Å². The lowest BCUT2D eigenvalue weighted by molar-refractivity contribution is 0.369. The van der Waals surface area contributed by atoms with Crippen molar-refractivity contribution >= 4 is 0 Å². The largest absolute Gasteiger partial charge is 0.497 e. The number of benzene rings is 1. The van der Waals surface area contributed by atoms with Gasteiger partial charge in [-0.3, -0.25) is 0 Å². The van der Waals surface area contributed by atoms with Crippen LogP contribution in [-0.2, 0) is 12.8 Å². The summed E-state index contributed by atoms with van der Waals surface area (Å²) in [6, 6.07) is 7.91. The molecule has 0 spiro atoms. The third-order valence-corrected chi connectivity index (χ3v) is 3.35. The smallest absolute Gasteiger partial charge is 0.226 e. The number of nitrogens with two attached hydrogens (primary N) is 1. The van der Waals surface area contributed by atoms with Crippen molar-refractivity contribution in [1.82, 2.24) is 10.1 Å². The third kappa shape index (κ3) is 5.19. The summed E-state index contributed by atoms with van der Waals surface area (Å²) in [4.78, 5) is 4.44. The minimum Gasteiger partial charge on any atom is -0.497 e. The standard InChI is InChI=1S/C16H23N3O2/c1-20-14-8-6-7-13(11-14)12-15-18-16(21-19-15)9-4-2-3-5-10-17/h6-8,11H,2-5,9-10,12,17H2,1H3. The van der Waals surface area contributed by atoms with Gasteiger partial charge in [0, 0.05) is 12.8 Å². The van der Waals surface area contributed by atoms with Gasteiger partial charge in [-0.1, -0.05) is 30.1 Å². The number of hydrogen-bond acceptors (Lipinski definition) is 5. The van der Waals surface area contributed by atoms with E-state index in [9.17, 15) is 0 Å². The van der Waals surface area contributed by atoms with Gasteiger partial charge in [0.1, 0.15) is 5.75 Å². The molecule has 1 heterocycles. The second-order valence-corrected chi connectivity index (χ2v) is 5.09. The maximum absolute atomic E-state index is 5.47. The summed E-state index contributed by atoms with van der Waals surface area (Å²) in [7, 11) is 1.66. The molecule has 2 N–H and O–H groups in total. The van der Waals surface area contributed by atoms with Gasteiger partial charge in [0.25, 0.3) is 0 Å². The van der Waals surface area contributed by atoms with E-state index in [-0.39, 0.29) is 0 Å². The van der Waals surface area contributed by atoms with Crippen LogP contribution in [0.2, 0.25) is 0 Å². The van der Waals surface area contributed by atoms with Gasteiger partial charge in [-0.2, -0.15) is 4.98 Å². The summed E-state index contributed by atoms with van der Waals surface area (Å²) in [6.45, 7) is 0.769. The maximum atomic E-state index is 5.47. The normalized spacial score (nSPS) is 10.8. The van der Waals surface area contributed by atoms with E-state index in [4.69, 9.17) is 15.0 Å². The third-order valence-electron chi connectivity index (χ3n) is 3.35. The zero-order chi connectivity index (χ0) is 14.9. The first-order valence-corrected chi connectivity index (χ1v) is 7.46. The molecule has 2 rings (SSSR count). The summed E-state index contributed by atoms with van der Waals surface area (Å²) in [5.41, 5.74) is 6.58. The molecule has 1 aromatic heterocycles. The van der Waals surface area contributed by atoms with Crippen LogP contribution in [0.25, 0.3) is 0 Å². The Labute approximate surface area is 125 Å². The minimum absolute atomic E-state index is 0.661. The van der Waals surface area contributed by atoms with Crippen LogP contribution in [0.1, 0.15) is 43.0 Å². The molecule has 114 valence electrons. The Hall–Kier alpha value is -1.88. The Morgan fingerprint density at radius 2 is 2.05 bits per heavy atom.